The van der Waals surface area contributed by atoms with Gasteiger partial charge in [0, 0.05) is 38.8 Å². The number of aryl methyl sites for hydroxylation is 1. The Morgan fingerprint density at radius 1 is 1.04 bits per heavy atom. The number of piperazine rings is 1. The monoisotopic (exact) mass is 353 g/mol. The van der Waals surface area contributed by atoms with Gasteiger partial charge in [0.25, 0.3) is 5.91 Å². The Bertz CT molecular complexity index is 783. The van der Waals surface area contributed by atoms with E-state index in [-0.39, 0.29) is 11.8 Å². The Labute approximate surface area is 153 Å². The first-order chi connectivity index (χ1) is 12.6. The highest BCUT2D eigenvalue weighted by Gasteiger charge is 2.24. The Morgan fingerprint density at radius 2 is 1.73 bits per heavy atom. The third kappa shape index (κ3) is 3.99. The summed E-state index contributed by atoms with van der Waals surface area (Å²) < 4.78 is 0. The van der Waals surface area contributed by atoms with Crippen molar-refractivity contribution in [3.8, 4) is 0 Å². The molecule has 2 heterocycles. The molecular formula is C19H23N5O2. The van der Waals surface area contributed by atoms with E-state index in [4.69, 9.17) is 0 Å². The summed E-state index contributed by atoms with van der Waals surface area (Å²) in [6, 6.07) is 8.03. The smallest absolute Gasteiger partial charge is 0.274 e. The van der Waals surface area contributed by atoms with Gasteiger partial charge in [0.1, 0.15) is 11.5 Å². The zero-order valence-electron chi connectivity index (χ0n) is 15.1. The predicted molar refractivity (Wildman–Crippen MR) is 99.3 cm³/mol. The van der Waals surface area contributed by atoms with Crippen LogP contribution in [0, 0.1) is 0 Å². The van der Waals surface area contributed by atoms with E-state index in [0.29, 0.717) is 37.7 Å². The average molecular weight is 353 g/mol. The van der Waals surface area contributed by atoms with Crippen molar-refractivity contribution >= 4 is 23.3 Å². The molecule has 1 aliphatic heterocycles. The minimum absolute atomic E-state index is 0.0414. The molecule has 1 aromatic heterocycles. The number of benzene rings is 1. The molecular weight excluding hydrogens is 330 g/mol. The number of anilines is 2. The van der Waals surface area contributed by atoms with E-state index in [9.17, 15) is 9.59 Å². The average Bonchev–Trinajstić information content (AvgIpc) is 2.68. The van der Waals surface area contributed by atoms with Crippen molar-refractivity contribution in [3.05, 3.63) is 47.9 Å². The Kier molecular flexibility index (Phi) is 5.46. The van der Waals surface area contributed by atoms with E-state index < -0.39 is 0 Å². The highest BCUT2D eigenvalue weighted by molar-refractivity contribution is 5.92. The summed E-state index contributed by atoms with van der Waals surface area (Å²) in [6.07, 6.45) is 3.99. The number of hydrogen-bond donors (Lipinski definition) is 1. The van der Waals surface area contributed by atoms with Gasteiger partial charge in [-0.1, -0.05) is 25.1 Å². The summed E-state index contributed by atoms with van der Waals surface area (Å²) in [5, 5.41) is 3.24. The molecule has 7 nitrogen and oxygen atoms in total. The number of para-hydroxylation sites is 1. The van der Waals surface area contributed by atoms with Crippen LogP contribution in [0.25, 0.3) is 0 Å². The van der Waals surface area contributed by atoms with Crippen LogP contribution in [-0.2, 0) is 11.2 Å². The van der Waals surface area contributed by atoms with Gasteiger partial charge in [-0.3, -0.25) is 9.59 Å². The Morgan fingerprint density at radius 3 is 2.35 bits per heavy atom. The number of aromatic nitrogens is 2. The Hall–Kier alpha value is -2.96. The van der Waals surface area contributed by atoms with E-state index in [0.717, 1.165) is 12.1 Å². The second-order valence-corrected chi connectivity index (χ2v) is 6.22. The predicted octanol–water partition coefficient (Wildman–Crippen LogP) is 2.09. The first-order valence-electron chi connectivity index (χ1n) is 8.80. The van der Waals surface area contributed by atoms with Gasteiger partial charge in [0.05, 0.1) is 12.4 Å². The van der Waals surface area contributed by atoms with Gasteiger partial charge in [-0.05, 0) is 18.1 Å². The van der Waals surface area contributed by atoms with Gasteiger partial charge in [0.15, 0.2) is 0 Å². The van der Waals surface area contributed by atoms with Crippen molar-refractivity contribution in [2.75, 3.05) is 31.5 Å². The number of hydrogen-bond acceptors (Lipinski definition) is 5. The van der Waals surface area contributed by atoms with Crippen molar-refractivity contribution in [1.29, 1.82) is 0 Å². The van der Waals surface area contributed by atoms with Crippen molar-refractivity contribution in [1.82, 2.24) is 19.8 Å². The molecule has 0 saturated carbocycles. The molecule has 1 N–H and O–H groups in total. The lowest BCUT2D eigenvalue weighted by molar-refractivity contribution is -0.130. The minimum atomic E-state index is -0.152. The fraction of sp³-hybridized carbons (Fsp3) is 0.368. The van der Waals surface area contributed by atoms with Gasteiger partial charge in [-0.15, -0.1) is 0 Å². The largest absolute Gasteiger partial charge is 0.339 e. The molecule has 0 aliphatic carbocycles. The highest BCUT2D eigenvalue weighted by Crippen LogP contribution is 2.19. The number of rotatable bonds is 4. The summed E-state index contributed by atoms with van der Waals surface area (Å²) in [4.78, 5) is 36.0. The van der Waals surface area contributed by atoms with Crippen molar-refractivity contribution < 1.29 is 9.59 Å². The standard InChI is InChI=1S/C19H23N5O2/c1-3-15-6-4-5-7-16(15)22-18-13-20-17(12-21-18)19(26)24-10-8-23(9-11-24)14(2)25/h4-7,12-13H,3,8-11H2,1-2H3,(H,21,22). The number of carbonyl (C=O) groups is 2. The van der Waals surface area contributed by atoms with Crippen molar-refractivity contribution in [2.24, 2.45) is 0 Å². The molecule has 0 radical (unpaired) electrons. The van der Waals surface area contributed by atoms with Crippen molar-refractivity contribution in [2.45, 2.75) is 20.3 Å². The molecule has 26 heavy (non-hydrogen) atoms. The molecule has 2 amide bonds. The summed E-state index contributed by atoms with van der Waals surface area (Å²) in [5.41, 5.74) is 2.50. The van der Waals surface area contributed by atoms with Crippen LogP contribution in [0.2, 0.25) is 0 Å². The molecule has 136 valence electrons. The molecule has 0 bridgehead atoms. The van der Waals surface area contributed by atoms with Crippen LogP contribution < -0.4 is 5.32 Å². The van der Waals surface area contributed by atoms with Crippen LogP contribution in [0.5, 0.6) is 0 Å². The van der Waals surface area contributed by atoms with Gasteiger partial charge < -0.3 is 15.1 Å². The molecule has 1 fully saturated rings. The lowest BCUT2D eigenvalue weighted by Gasteiger charge is -2.33. The van der Waals surface area contributed by atoms with Crippen LogP contribution in [-0.4, -0.2) is 57.8 Å². The highest BCUT2D eigenvalue weighted by atomic mass is 16.2. The SMILES string of the molecule is CCc1ccccc1Nc1cnc(C(=O)N2CCN(C(C)=O)CC2)cn1. The van der Waals surface area contributed by atoms with Gasteiger partial charge >= 0.3 is 0 Å². The molecule has 0 unspecified atom stereocenters. The van der Waals surface area contributed by atoms with E-state index >= 15 is 0 Å². The van der Waals surface area contributed by atoms with Crippen molar-refractivity contribution in [3.63, 3.8) is 0 Å². The van der Waals surface area contributed by atoms with Gasteiger partial charge in [-0.25, -0.2) is 9.97 Å². The maximum absolute atomic E-state index is 12.5. The molecule has 7 heteroatoms. The fourth-order valence-corrected chi connectivity index (χ4v) is 2.98. The third-order valence-corrected chi connectivity index (χ3v) is 4.54. The molecule has 1 saturated heterocycles. The van der Waals surface area contributed by atoms with E-state index in [1.165, 1.54) is 11.8 Å². The first-order valence-corrected chi connectivity index (χ1v) is 8.80. The summed E-state index contributed by atoms with van der Waals surface area (Å²) in [5.74, 6) is 0.490. The molecule has 1 aliphatic rings. The summed E-state index contributed by atoms with van der Waals surface area (Å²) >= 11 is 0. The topological polar surface area (TPSA) is 78.4 Å². The fourth-order valence-electron chi connectivity index (χ4n) is 2.98. The lowest BCUT2D eigenvalue weighted by Crippen LogP contribution is -2.50. The Balaban J connectivity index is 1.64. The maximum Gasteiger partial charge on any atom is 0.274 e. The second kappa shape index (κ2) is 7.95. The molecule has 0 spiro atoms. The van der Waals surface area contributed by atoms with Crippen LogP contribution in [0.4, 0.5) is 11.5 Å². The number of amides is 2. The van der Waals surface area contributed by atoms with E-state index in [2.05, 4.69) is 28.3 Å². The van der Waals surface area contributed by atoms with Crippen LogP contribution >= 0.6 is 0 Å². The normalized spacial score (nSPS) is 14.2. The van der Waals surface area contributed by atoms with Crippen LogP contribution in [0.15, 0.2) is 36.7 Å². The molecule has 0 atom stereocenters. The second-order valence-electron chi connectivity index (χ2n) is 6.22. The van der Waals surface area contributed by atoms with Crippen LogP contribution in [0.3, 0.4) is 0 Å². The van der Waals surface area contributed by atoms with E-state index in [1.807, 2.05) is 18.2 Å². The lowest BCUT2D eigenvalue weighted by atomic mass is 10.1. The van der Waals surface area contributed by atoms with Gasteiger partial charge in [0.2, 0.25) is 5.91 Å². The third-order valence-electron chi connectivity index (χ3n) is 4.54. The number of nitrogens with zero attached hydrogens (tertiary/aromatic N) is 4. The minimum Gasteiger partial charge on any atom is -0.339 e. The maximum atomic E-state index is 12.5. The molecule has 3 rings (SSSR count). The zero-order chi connectivity index (χ0) is 18.5. The summed E-state index contributed by atoms with van der Waals surface area (Å²) in [6.45, 7) is 5.79. The van der Waals surface area contributed by atoms with Gasteiger partial charge in [-0.2, -0.15) is 0 Å². The number of nitrogens with one attached hydrogen (secondary N) is 1. The molecule has 2 aromatic rings. The number of carbonyl (C=O) groups excluding carboxylic acids is 2. The summed E-state index contributed by atoms with van der Waals surface area (Å²) in [7, 11) is 0. The van der Waals surface area contributed by atoms with Crippen LogP contribution in [0.1, 0.15) is 29.9 Å². The van der Waals surface area contributed by atoms with E-state index in [1.54, 1.807) is 22.9 Å². The first kappa shape index (κ1) is 17.8. The quantitative estimate of drug-likeness (QED) is 0.910. The zero-order valence-corrected chi connectivity index (χ0v) is 15.1. The molecule has 1 aromatic carbocycles.